The highest BCUT2D eigenvalue weighted by atomic mass is 16.3. The van der Waals surface area contributed by atoms with Gasteiger partial charge in [0, 0.05) is 17.2 Å². The van der Waals surface area contributed by atoms with Crippen molar-refractivity contribution in [2.24, 2.45) is 0 Å². The van der Waals surface area contributed by atoms with E-state index in [-0.39, 0.29) is 22.9 Å². The van der Waals surface area contributed by atoms with Crippen LogP contribution in [0.15, 0.2) is 60.7 Å². The number of aromatic hydroxyl groups is 2. The fourth-order valence-corrected chi connectivity index (χ4v) is 2.58. The van der Waals surface area contributed by atoms with Gasteiger partial charge in [-0.1, -0.05) is 35.4 Å². The van der Waals surface area contributed by atoms with Gasteiger partial charge in [0.1, 0.15) is 11.5 Å². The molecular weight excluding hydrogens is 356 g/mol. The summed E-state index contributed by atoms with van der Waals surface area (Å²) in [5, 5.41) is 25.3. The smallest absolute Gasteiger partial charge is 0.255 e. The summed E-state index contributed by atoms with van der Waals surface area (Å²) < 4.78 is 0. The number of benzene rings is 3. The lowest BCUT2D eigenvalue weighted by Crippen LogP contribution is -2.14. The van der Waals surface area contributed by atoms with Gasteiger partial charge in [-0.3, -0.25) is 9.59 Å². The normalized spacial score (nSPS) is 10.4. The first-order valence-electron chi connectivity index (χ1n) is 8.65. The molecule has 3 aromatic rings. The molecule has 0 aliphatic rings. The van der Waals surface area contributed by atoms with Gasteiger partial charge in [-0.05, 0) is 44.2 Å². The molecule has 6 nitrogen and oxygen atoms in total. The maximum atomic E-state index is 12.4. The summed E-state index contributed by atoms with van der Waals surface area (Å²) in [6.07, 6.45) is 0. The molecule has 3 rings (SSSR count). The Morgan fingerprint density at radius 1 is 0.643 bits per heavy atom. The molecule has 6 heteroatoms. The van der Waals surface area contributed by atoms with Gasteiger partial charge in [0.2, 0.25) is 0 Å². The van der Waals surface area contributed by atoms with Gasteiger partial charge in [0.05, 0.1) is 11.4 Å². The lowest BCUT2D eigenvalue weighted by atomic mass is 10.1. The second-order valence-corrected chi connectivity index (χ2v) is 6.53. The van der Waals surface area contributed by atoms with E-state index < -0.39 is 11.8 Å². The van der Waals surface area contributed by atoms with Crippen molar-refractivity contribution < 1.29 is 19.8 Å². The SMILES string of the molecule is Cc1ccc(C(=O)Nc2cc(NC(=O)c3ccc(C)cc3)c(O)cc2O)cc1. The van der Waals surface area contributed by atoms with Crippen molar-refractivity contribution in [2.75, 3.05) is 10.6 Å². The van der Waals surface area contributed by atoms with Crippen LogP contribution in [0.25, 0.3) is 0 Å². The number of amides is 2. The first kappa shape index (κ1) is 19.0. The Balaban J connectivity index is 1.81. The third kappa shape index (κ3) is 4.29. The number of carbonyl (C=O) groups is 2. The van der Waals surface area contributed by atoms with Gasteiger partial charge in [-0.25, -0.2) is 0 Å². The molecular formula is C22H20N2O4. The molecule has 4 N–H and O–H groups in total. The minimum atomic E-state index is -0.420. The van der Waals surface area contributed by atoms with Gasteiger partial charge >= 0.3 is 0 Å². The number of nitrogens with one attached hydrogen (secondary N) is 2. The van der Waals surface area contributed by atoms with Crippen molar-refractivity contribution in [3.8, 4) is 11.5 Å². The van der Waals surface area contributed by atoms with E-state index in [0.717, 1.165) is 17.2 Å². The summed E-state index contributed by atoms with van der Waals surface area (Å²) in [7, 11) is 0. The van der Waals surface area contributed by atoms with E-state index >= 15 is 0 Å². The molecule has 0 unspecified atom stereocenters. The average Bonchev–Trinajstić information content (AvgIpc) is 2.66. The molecule has 2 amide bonds. The summed E-state index contributed by atoms with van der Waals surface area (Å²) in [4.78, 5) is 24.8. The van der Waals surface area contributed by atoms with E-state index in [1.807, 2.05) is 13.8 Å². The van der Waals surface area contributed by atoms with Gasteiger partial charge in [-0.15, -0.1) is 0 Å². The highest BCUT2D eigenvalue weighted by Crippen LogP contribution is 2.35. The number of phenols is 2. The molecule has 0 saturated carbocycles. The second-order valence-electron chi connectivity index (χ2n) is 6.53. The van der Waals surface area contributed by atoms with Crippen LogP contribution in [0.3, 0.4) is 0 Å². The van der Waals surface area contributed by atoms with Crippen molar-refractivity contribution in [2.45, 2.75) is 13.8 Å². The fourth-order valence-electron chi connectivity index (χ4n) is 2.58. The number of anilines is 2. The van der Waals surface area contributed by atoms with Crippen molar-refractivity contribution >= 4 is 23.2 Å². The molecule has 0 bridgehead atoms. The molecule has 0 radical (unpaired) electrons. The van der Waals surface area contributed by atoms with E-state index in [1.54, 1.807) is 48.5 Å². The Kier molecular flexibility index (Phi) is 5.31. The first-order valence-corrected chi connectivity index (χ1v) is 8.65. The van der Waals surface area contributed by atoms with Gasteiger partial charge < -0.3 is 20.8 Å². The zero-order valence-electron chi connectivity index (χ0n) is 15.5. The van der Waals surface area contributed by atoms with E-state index in [1.165, 1.54) is 6.07 Å². The molecule has 3 aromatic carbocycles. The van der Waals surface area contributed by atoms with Crippen LogP contribution in [-0.4, -0.2) is 22.0 Å². The van der Waals surface area contributed by atoms with Crippen LogP contribution in [0.4, 0.5) is 11.4 Å². The third-order valence-electron chi connectivity index (χ3n) is 4.24. The predicted octanol–water partition coefficient (Wildman–Crippen LogP) is 4.22. The van der Waals surface area contributed by atoms with Crippen LogP contribution in [0, 0.1) is 13.8 Å². The Labute approximate surface area is 162 Å². The van der Waals surface area contributed by atoms with Crippen molar-refractivity contribution in [1.82, 2.24) is 0 Å². The molecule has 0 aliphatic carbocycles. The number of carbonyl (C=O) groups excluding carboxylic acids is 2. The Morgan fingerprint density at radius 2 is 1.00 bits per heavy atom. The molecule has 0 spiro atoms. The summed E-state index contributed by atoms with van der Waals surface area (Å²) in [6, 6.07) is 16.3. The Bertz CT molecular complexity index is 945. The summed E-state index contributed by atoms with van der Waals surface area (Å²) in [6.45, 7) is 3.83. The van der Waals surface area contributed by atoms with Crippen molar-refractivity contribution in [1.29, 1.82) is 0 Å². The van der Waals surface area contributed by atoms with Crippen LogP contribution in [0.1, 0.15) is 31.8 Å². The van der Waals surface area contributed by atoms with Crippen LogP contribution in [0.5, 0.6) is 11.5 Å². The van der Waals surface area contributed by atoms with Gasteiger partial charge in [-0.2, -0.15) is 0 Å². The van der Waals surface area contributed by atoms with Gasteiger partial charge in [0.25, 0.3) is 11.8 Å². The summed E-state index contributed by atoms with van der Waals surface area (Å²) in [5.74, 6) is -1.47. The Hall–Kier alpha value is -3.80. The molecule has 0 heterocycles. The standard InChI is InChI=1S/C22H20N2O4/c1-13-3-7-15(8-4-13)21(27)23-17-11-18(20(26)12-19(17)25)24-22(28)16-9-5-14(2)6-10-16/h3-12,25-26H,1-2H3,(H,23,27)(H,24,28). The van der Waals surface area contributed by atoms with Crippen LogP contribution < -0.4 is 10.6 Å². The molecule has 142 valence electrons. The van der Waals surface area contributed by atoms with Gasteiger partial charge in [0.15, 0.2) is 0 Å². The Morgan fingerprint density at radius 3 is 1.36 bits per heavy atom. The number of phenolic OH excluding ortho intramolecular Hbond substituents is 2. The predicted molar refractivity (Wildman–Crippen MR) is 108 cm³/mol. The minimum absolute atomic E-state index is 0.0718. The first-order chi connectivity index (χ1) is 13.3. The lowest BCUT2D eigenvalue weighted by Gasteiger charge is -2.13. The fraction of sp³-hybridized carbons (Fsp3) is 0.0909. The largest absolute Gasteiger partial charge is 0.506 e. The molecule has 28 heavy (non-hydrogen) atoms. The maximum absolute atomic E-state index is 12.4. The van der Waals surface area contributed by atoms with E-state index in [0.29, 0.717) is 11.1 Å². The highest BCUT2D eigenvalue weighted by Gasteiger charge is 2.15. The van der Waals surface area contributed by atoms with E-state index in [2.05, 4.69) is 10.6 Å². The van der Waals surface area contributed by atoms with Crippen molar-refractivity contribution in [3.05, 3.63) is 82.9 Å². The van der Waals surface area contributed by atoms with E-state index in [9.17, 15) is 19.8 Å². The summed E-state index contributed by atoms with van der Waals surface area (Å²) >= 11 is 0. The quantitative estimate of drug-likeness (QED) is 0.405. The van der Waals surface area contributed by atoms with E-state index in [4.69, 9.17) is 0 Å². The summed E-state index contributed by atoms with van der Waals surface area (Å²) in [5.41, 5.74) is 3.02. The van der Waals surface area contributed by atoms with Crippen LogP contribution in [0.2, 0.25) is 0 Å². The zero-order chi connectivity index (χ0) is 20.3. The van der Waals surface area contributed by atoms with Crippen LogP contribution in [-0.2, 0) is 0 Å². The van der Waals surface area contributed by atoms with Crippen molar-refractivity contribution in [3.63, 3.8) is 0 Å². The molecule has 0 saturated heterocycles. The number of hydrogen-bond donors (Lipinski definition) is 4. The maximum Gasteiger partial charge on any atom is 0.255 e. The third-order valence-corrected chi connectivity index (χ3v) is 4.24. The number of rotatable bonds is 4. The highest BCUT2D eigenvalue weighted by molar-refractivity contribution is 6.07. The number of aryl methyl sites for hydroxylation is 2. The molecule has 0 aliphatic heterocycles. The van der Waals surface area contributed by atoms with Crippen LogP contribution >= 0.6 is 0 Å². The minimum Gasteiger partial charge on any atom is -0.506 e. The molecule has 0 aromatic heterocycles. The lowest BCUT2D eigenvalue weighted by molar-refractivity contribution is 0.101. The second kappa shape index (κ2) is 7.84. The topological polar surface area (TPSA) is 98.7 Å². The molecule has 0 fully saturated rings. The molecule has 0 atom stereocenters. The number of hydrogen-bond acceptors (Lipinski definition) is 4. The zero-order valence-corrected chi connectivity index (χ0v) is 15.5. The monoisotopic (exact) mass is 376 g/mol. The average molecular weight is 376 g/mol.